The molecule has 1 N–H and O–H groups in total. The molecule has 3 rings (SSSR count). The molecule has 1 saturated heterocycles. The number of rotatable bonds is 1. The van der Waals surface area contributed by atoms with Gasteiger partial charge in [-0.1, -0.05) is 36.4 Å². The second-order valence-electron chi connectivity index (χ2n) is 4.19. The largest absolute Gasteiger partial charge is 0.316 e. The Morgan fingerprint density at radius 3 is 2.93 bits per heavy atom. The van der Waals surface area contributed by atoms with Crippen molar-refractivity contribution in [2.45, 2.75) is 12.3 Å². The van der Waals surface area contributed by atoms with E-state index < -0.39 is 0 Å². The van der Waals surface area contributed by atoms with Crippen LogP contribution in [0.1, 0.15) is 17.9 Å². The van der Waals surface area contributed by atoms with Gasteiger partial charge in [0.15, 0.2) is 0 Å². The predicted octanol–water partition coefficient (Wildman–Crippen LogP) is 2.72. The van der Waals surface area contributed by atoms with Crippen LogP contribution in [-0.4, -0.2) is 13.1 Å². The van der Waals surface area contributed by atoms with Crippen molar-refractivity contribution in [3.63, 3.8) is 0 Å². The number of nitrogens with one attached hydrogen (secondary N) is 1. The van der Waals surface area contributed by atoms with Crippen LogP contribution in [0.3, 0.4) is 0 Å². The molecule has 1 heteroatoms. The maximum Gasteiger partial charge on any atom is 0.00208 e. The predicted molar refractivity (Wildman–Crippen MR) is 63.0 cm³/mol. The Bertz CT molecular complexity index is 469. The van der Waals surface area contributed by atoms with Gasteiger partial charge in [-0.3, -0.25) is 0 Å². The van der Waals surface area contributed by atoms with Crippen LogP contribution < -0.4 is 5.32 Å². The van der Waals surface area contributed by atoms with Gasteiger partial charge in [0.2, 0.25) is 0 Å². The van der Waals surface area contributed by atoms with Crippen LogP contribution >= 0.6 is 0 Å². The fourth-order valence-corrected chi connectivity index (χ4v) is 2.29. The van der Waals surface area contributed by atoms with Crippen molar-refractivity contribution in [2.24, 2.45) is 0 Å². The van der Waals surface area contributed by atoms with Gasteiger partial charge in [-0.15, -0.1) is 0 Å². The Kier molecular flexibility index (Phi) is 2.18. The summed E-state index contributed by atoms with van der Waals surface area (Å²) in [5, 5.41) is 5.92. The number of hydrogen-bond donors (Lipinski definition) is 1. The van der Waals surface area contributed by atoms with Crippen LogP contribution in [0.15, 0.2) is 36.4 Å². The fourth-order valence-electron chi connectivity index (χ4n) is 2.29. The summed E-state index contributed by atoms with van der Waals surface area (Å²) >= 11 is 0. The van der Waals surface area contributed by atoms with Gasteiger partial charge in [-0.2, -0.15) is 0 Å². The summed E-state index contributed by atoms with van der Waals surface area (Å²) < 4.78 is 0. The highest BCUT2D eigenvalue weighted by Crippen LogP contribution is 2.25. The molecular weight excluding hydrogens is 182 g/mol. The quantitative estimate of drug-likeness (QED) is 0.739. The summed E-state index contributed by atoms with van der Waals surface area (Å²) in [4.78, 5) is 0. The van der Waals surface area contributed by atoms with E-state index in [2.05, 4.69) is 47.8 Å². The van der Waals surface area contributed by atoms with Crippen molar-refractivity contribution >= 4 is 10.8 Å². The van der Waals surface area contributed by atoms with Crippen LogP contribution in [0, 0.1) is 6.07 Å². The zero-order chi connectivity index (χ0) is 10.1. The SMILES string of the molecule is [c]1c(C2CCNC2)ccc2ccccc12. The first-order valence-electron chi connectivity index (χ1n) is 5.55. The molecule has 2 aromatic rings. The Morgan fingerprint density at radius 1 is 1.13 bits per heavy atom. The van der Waals surface area contributed by atoms with Gasteiger partial charge in [0, 0.05) is 6.54 Å². The zero-order valence-corrected chi connectivity index (χ0v) is 8.66. The average Bonchev–Trinajstić information content (AvgIpc) is 2.82. The molecular formula is C14H14N. The van der Waals surface area contributed by atoms with E-state index in [4.69, 9.17) is 0 Å². The van der Waals surface area contributed by atoms with Crippen LogP contribution in [0.25, 0.3) is 10.8 Å². The van der Waals surface area contributed by atoms with E-state index >= 15 is 0 Å². The molecule has 0 spiro atoms. The lowest BCUT2D eigenvalue weighted by molar-refractivity contribution is 0.763. The first-order chi connectivity index (χ1) is 7.43. The Labute approximate surface area is 90.1 Å². The third kappa shape index (κ3) is 1.64. The molecule has 1 nitrogen and oxygen atoms in total. The highest BCUT2D eigenvalue weighted by molar-refractivity contribution is 5.82. The van der Waals surface area contributed by atoms with E-state index in [0.717, 1.165) is 13.1 Å². The molecule has 1 radical (unpaired) electrons. The monoisotopic (exact) mass is 196 g/mol. The minimum atomic E-state index is 0.662. The van der Waals surface area contributed by atoms with Crippen molar-refractivity contribution in [2.75, 3.05) is 13.1 Å². The van der Waals surface area contributed by atoms with Crippen molar-refractivity contribution in [3.05, 3.63) is 48.0 Å². The summed E-state index contributed by atoms with van der Waals surface area (Å²) in [5.74, 6) is 0.662. The van der Waals surface area contributed by atoms with E-state index in [0.29, 0.717) is 5.92 Å². The summed E-state index contributed by atoms with van der Waals surface area (Å²) in [5.41, 5.74) is 1.36. The minimum Gasteiger partial charge on any atom is -0.316 e. The summed E-state index contributed by atoms with van der Waals surface area (Å²) in [6.07, 6.45) is 1.24. The third-order valence-electron chi connectivity index (χ3n) is 3.18. The molecule has 0 bridgehead atoms. The first kappa shape index (κ1) is 8.93. The fraction of sp³-hybridized carbons (Fsp3) is 0.286. The van der Waals surface area contributed by atoms with Gasteiger partial charge in [0.05, 0.1) is 0 Å². The van der Waals surface area contributed by atoms with Gasteiger partial charge in [0.25, 0.3) is 0 Å². The van der Waals surface area contributed by atoms with Gasteiger partial charge >= 0.3 is 0 Å². The Balaban J connectivity index is 2.05. The normalized spacial score (nSPS) is 20.9. The van der Waals surface area contributed by atoms with Crippen LogP contribution in [0.5, 0.6) is 0 Å². The molecule has 1 aliphatic rings. The maximum atomic E-state index is 3.53. The van der Waals surface area contributed by atoms with Crippen molar-refractivity contribution in [1.29, 1.82) is 0 Å². The van der Waals surface area contributed by atoms with Crippen molar-refractivity contribution < 1.29 is 0 Å². The molecule has 0 aliphatic carbocycles. The Morgan fingerprint density at radius 2 is 2.07 bits per heavy atom. The number of fused-ring (bicyclic) bond motifs is 1. The van der Waals surface area contributed by atoms with Crippen molar-refractivity contribution in [1.82, 2.24) is 5.32 Å². The lowest BCUT2D eigenvalue weighted by Gasteiger charge is -2.09. The third-order valence-corrected chi connectivity index (χ3v) is 3.18. The van der Waals surface area contributed by atoms with Gasteiger partial charge in [-0.05, 0) is 41.3 Å². The highest BCUT2D eigenvalue weighted by atomic mass is 14.9. The van der Waals surface area contributed by atoms with Crippen LogP contribution in [-0.2, 0) is 0 Å². The lowest BCUT2D eigenvalue weighted by Crippen LogP contribution is -2.07. The first-order valence-corrected chi connectivity index (χ1v) is 5.55. The van der Waals surface area contributed by atoms with Gasteiger partial charge in [0.1, 0.15) is 0 Å². The topological polar surface area (TPSA) is 12.0 Å². The standard InChI is InChI=1S/C14H14N/c1-2-4-12-9-13(6-5-11(12)3-1)14-7-8-15-10-14/h1-6,14-15H,7-8,10H2. The van der Waals surface area contributed by atoms with E-state index in [1.54, 1.807) is 0 Å². The molecule has 1 heterocycles. The molecule has 1 atom stereocenters. The molecule has 0 amide bonds. The average molecular weight is 196 g/mol. The second-order valence-corrected chi connectivity index (χ2v) is 4.19. The minimum absolute atomic E-state index is 0.662. The lowest BCUT2D eigenvalue weighted by atomic mass is 9.96. The summed E-state index contributed by atoms with van der Waals surface area (Å²) in [6.45, 7) is 2.25. The molecule has 2 aromatic carbocycles. The summed E-state index contributed by atoms with van der Waals surface area (Å²) in [6, 6.07) is 16.4. The molecule has 15 heavy (non-hydrogen) atoms. The smallest absolute Gasteiger partial charge is 0.00208 e. The molecule has 1 fully saturated rings. The van der Waals surface area contributed by atoms with Gasteiger partial charge < -0.3 is 5.32 Å². The molecule has 1 aliphatic heterocycles. The highest BCUT2D eigenvalue weighted by Gasteiger charge is 2.16. The van der Waals surface area contributed by atoms with Crippen LogP contribution in [0.4, 0.5) is 0 Å². The number of benzene rings is 2. The molecule has 0 aromatic heterocycles. The summed E-state index contributed by atoms with van der Waals surface area (Å²) in [7, 11) is 0. The molecule has 0 saturated carbocycles. The second kappa shape index (κ2) is 3.67. The molecule has 75 valence electrons. The number of hydrogen-bond acceptors (Lipinski definition) is 1. The van der Waals surface area contributed by atoms with E-state index in [-0.39, 0.29) is 0 Å². The van der Waals surface area contributed by atoms with E-state index in [1.807, 2.05) is 0 Å². The Hall–Kier alpha value is -1.34. The van der Waals surface area contributed by atoms with Crippen LogP contribution in [0.2, 0.25) is 0 Å². The maximum absolute atomic E-state index is 3.53. The molecule has 1 unspecified atom stereocenters. The van der Waals surface area contributed by atoms with Gasteiger partial charge in [-0.25, -0.2) is 0 Å². The zero-order valence-electron chi connectivity index (χ0n) is 8.66. The van der Waals surface area contributed by atoms with Crippen molar-refractivity contribution in [3.8, 4) is 0 Å². The van der Waals surface area contributed by atoms with E-state index in [9.17, 15) is 0 Å². The van der Waals surface area contributed by atoms with E-state index in [1.165, 1.54) is 22.8 Å².